The SMILES string of the molecule is CC[C@@H]1C(=O)N(C)c2cnc(Nc3ccc(C(=O)NCCCNCCCCC(=O)Nc4cccc5c4CN(C4CCC(=O)NC4=O)C5=O)cc3OC)nc2N1C1CCCC1. The predicted octanol–water partition coefficient (Wildman–Crippen LogP) is 4.01. The lowest BCUT2D eigenvalue weighted by Gasteiger charge is -2.43. The molecule has 2 aromatic carbocycles. The minimum Gasteiger partial charge on any atom is -0.495 e. The molecule has 17 heteroatoms. The van der Waals surface area contributed by atoms with E-state index >= 15 is 0 Å². The van der Waals surface area contributed by atoms with Crippen LogP contribution in [0.1, 0.15) is 104 Å². The largest absolute Gasteiger partial charge is 0.495 e. The number of hydrogen-bond acceptors (Lipinski definition) is 12. The number of rotatable bonds is 17. The number of anilines is 5. The summed E-state index contributed by atoms with van der Waals surface area (Å²) >= 11 is 0. The molecule has 1 saturated carbocycles. The molecule has 6 amide bonds. The molecule has 2 fully saturated rings. The molecule has 1 aromatic heterocycles. The number of fused-ring (bicyclic) bond motifs is 2. The van der Waals surface area contributed by atoms with E-state index in [-0.39, 0.29) is 61.0 Å². The first-order valence-corrected chi connectivity index (χ1v) is 21.0. The summed E-state index contributed by atoms with van der Waals surface area (Å²) in [7, 11) is 3.32. The highest BCUT2D eigenvalue weighted by Crippen LogP contribution is 2.40. The Hall–Kier alpha value is -6.10. The van der Waals surface area contributed by atoms with E-state index in [1.807, 2.05) is 6.92 Å². The number of nitrogens with zero attached hydrogens (tertiary/aromatic N) is 5. The number of carbonyl (C=O) groups is 6. The molecule has 3 aromatic rings. The first-order valence-electron chi connectivity index (χ1n) is 21.0. The molecule has 3 aliphatic heterocycles. The van der Waals surface area contributed by atoms with Gasteiger partial charge in [0.1, 0.15) is 23.5 Å². The summed E-state index contributed by atoms with van der Waals surface area (Å²) in [5, 5.41) is 14.8. The van der Waals surface area contributed by atoms with Crippen LogP contribution in [0.4, 0.5) is 28.8 Å². The lowest BCUT2D eigenvalue weighted by molar-refractivity contribution is -0.137. The van der Waals surface area contributed by atoms with Crippen molar-refractivity contribution >= 4 is 64.3 Å². The van der Waals surface area contributed by atoms with Gasteiger partial charge in [0.25, 0.3) is 11.8 Å². The fourth-order valence-corrected chi connectivity index (χ4v) is 8.59. The smallest absolute Gasteiger partial charge is 0.255 e. The molecule has 17 nitrogen and oxygen atoms in total. The van der Waals surface area contributed by atoms with Crippen molar-refractivity contribution in [1.82, 2.24) is 30.8 Å². The Kier molecular flexibility index (Phi) is 13.2. The topological polar surface area (TPSA) is 207 Å². The number of hydrogen-bond donors (Lipinski definition) is 5. The summed E-state index contributed by atoms with van der Waals surface area (Å²) in [5.41, 5.74) is 3.42. The predicted molar refractivity (Wildman–Crippen MR) is 225 cm³/mol. The van der Waals surface area contributed by atoms with Gasteiger partial charge in [0.05, 0.1) is 19.0 Å². The van der Waals surface area contributed by atoms with Crippen LogP contribution in [0.25, 0.3) is 0 Å². The van der Waals surface area contributed by atoms with Crippen LogP contribution in [0, 0.1) is 0 Å². The van der Waals surface area contributed by atoms with Crippen molar-refractivity contribution in [1.29, 1.82) is 0 Å². The Bertz CT molecular complexity index is 2140. The number of imide groups is 1. The van der Waals surface area contributed by atoms with E-state index in [4.69, 9.17) is 9.72 Å². The third-order valence-electron chi connectivity index (χ3n) is 11.8. The number of methoxy groups -OCH3 is 1. The van der Waals surface area contributed by atoms with Gasteiger partial charge in [0, 0.05) is 61.4 Å². The average molecular weight is 823 g/mol. The number of nitrogens with one attached hydrogen (secondary N) is 5. The Balaban J connectivity index is 0.819. The van der Waals surface area contributed by atoms with E-state index in [1.165, 1.54) is 4.90 Å². The first kappa shape index (κ1) is 42.0. The van der Waals surface area contributed by atoms with Gasteiger partial charge in [-0.2, -0.15) is 4.98 Å². The Morgan fingerprint density at radius 2 is 1.77 bits per heavy atom. The second-order valence-corrected chi connectivity index (χ2v) is 15.7. The maximum atomic E-state index is 13.2. The zero-order chi connectivity index (χ0) is 42.3. The van der Waals surface area contributed by atoms with Gasteiger partial charge in [0.2, 0.25) is 29.6 Å². The number of carbonyl (C=O) groups excluding carboxylic acids is 6. The first-order chi connectivity index (χ1) is 29.1. The van der Waals surface area contributed by atoms with Gasteiger partial charge in [-0.25, -0.2) is 4.98 Å². The van der Waals surface area contributed by atoms with Crippen molar-refractivity contribution in [3.05, 3.63) is 59.3 Å². The molecule has 0 bridgehead atoms. The lowest BCUT2D eigenvalue weighted by Crippen LogP contribution is -2.55. The minimum atomic E-state index is -0.718. The molecule has 60 heavy (non-hydrogen) atoms. The summed E-state index contributed by atoms with van der Waals surface area (Å²) in [5.74, 6) is 0.154. The van der Waals surface area contributed by atoms with Gasteiger partial charge in [-0.1, -0.05) is 25.8 Å². The Morgan fingerprint density at radius 1 is 0.967 bits per heavy atom. The fourth-order valence-electron chi connectivity index (χ4n) is 8.59. The van der Waals surface area contributed by atoms with Gasteiger partial charge in [-0.15, -0.1) is 0 Å². The van der Waals surface area contributed by atoms with Crippen molar-refractivity contribution in [3.63, 3.8) is 0 Å². The van der Waals surface area contributed by atoms with Crippen molar-refractivity contribution in [2.75, 3.05) is 54.2 Å². The third kappa shape index (κ3) is 9.05. The fraction of sp³-hybridized carbons (Fsp3) is 0.488. The van der Waals surface area contributed by atoms with E-state index in [0.717, 1.165) is 37.9 Å². The van der Waals surface area contributed by atoms with Crippen LogP contribution in [0.5, 0.6) is 5.75 Å². The molecule has 1 saturated heterocycles. The van der Waals surface area contributed by atoms with Gasteiger partial charge >= 0.3 is 0 Å². The number of benzene rings is 2. The van der Waals surface area contributed by atoms with Crippen LogP contribution in [-0.2, 0) is 25.7 Å². The maximum absolute atomic E-state index is 13.2. The molecule has 4 heterocycles. The quantitative estimate of drug-likeness (QED) is 0.0968. The number of amides is 6. The van der Waals surface area contributed by atoms with E-state index in [1.54, 1.807) is 61.7 Å². The van der Waals surface area contributed by atoms with E-state index in [0.29, 0.717) is 90.8 Å². The Morgan fingerprint density at radius 3 is 2.53 bits per heavy atom. The number of piperidine rings is 1. The van der Waals surface area contributed by atoms with Crippen LogP contribution in [-0.4, -0.2) is 102 Å². The third-order valence-corrected chi connectivity index (χ3v) is 11.8. The molecule has 5 N–H and O–H groups in total. The number of unbranched alkanes of at least 4 members (excludes halogenated alkanes) is 1. The highest BCUT2D eigenvalue weighted by atomic mass is 16.5. The van der Waals surface area contributed by atoms with Crippen LogP contribution < -0.4 is 41.1 Å². The molecule has 2 atom stereocenters. The molecule has 7 rings (SSSR count). The number of ether oxygens (including phenoxy) is 1. The second kappa shape index (κ2) is 18.9. The summed E-state index contributed by atoms with van der Waals surface area (Å²) in [6.07, 6.45) is 9.60. The van der Waals surface area contributed by atoms with Crippen LogP contribution >= 0.6 is 0 Å². The highest BCUT2D eigenvalue weighted by molar-refractivity contribution is 6.07. The highest BCUT2D eigenvalue weighted by Gasteiger charge is 2.42. The monoisotopic (exact) mass is 822 g/mol. The van der Waals surface area contributed by atoms with Crippen LogP contribution in [0.2, 0.25) is 0 Å². The molecule has 318 valence electrons. The van der Waals surface area contributed by atoms with Gasteiger partial charge in [0.15, 0.2) is 5.82 Å². The molecule has 1 unspecified atom stereocenters. The van der Waals surface area contributed by atoms with Crippen LogP contribution in [0.15, 0.2) is 42.6 Å². The average Bonchev–Trinajstić information content (AvgIpc) is 3.90. The normalized spacial score (nSPS) is 18.9. The van der Waals surface area contributed by atoms with Crippen LogP contribution in [0.3, 0.4) is 0 Å². The zero-order valence-corrected chi connectivity index (χ0v) is 34.5. The van der Waals surface area contributed by atoms with Crippen molar-refractivity contribution in [2.24, 2.45) is 0 Å². The minimum absolute atomic E-state index is 0.0572. The number of aromatic nitrogens is 2. The zero-order valence-electron chi connectivity index (χ0n) is 34.5. The van der Waals surface area contributed by atoms with Gasteiger partial charge in [-0.05, 0) is 88.4 Å². The Labute approximate surface area is 349 Å². The molecule has 1 aliphatic carbocycles. The molecular weight excluding hydrogens is 769 g/mol. The van der Waals surface area contributed by atoms with E-state index in [9.17, 15) is 28.8 Å². The van der Waals surface area contributed by atoms with Crippen molar-refractivity contribution in [3.8, 4) is 5.75 Å². The summed E-state index contributed by atoms with van der Waals surface area (Å²) < 4.78 is 5.64. The second-order valence-electron chi connectivity index (χ2n) is 15.7. The van der Waals surface area contributed by atoms with Crippen molar-refractivity contribution < 1.29 is 33.5 Å². The molecular formula is C43H54N10O7. The molecule has 0 spiro atoms. The maximum Gasteiger partial charge on any atom is 0.255 e. The lowest BCUT2D eigenvalue weighted by atomic mass is 10.0. The number of likely N-dealkylation sites (N-methyl/N-ethyl adjacent to an activating group) is 1. The van der Waals surface area contributed by atoms with E-state index in [2.05, 4.69) is 36.5 Å². The van der Waals surface area contributed by atoms with Gasteiger partial charge in [-0.3, -0.25) is 34.1 Å². The summed E-state index contributed by atoms with van der Waals surface area (Å²) in [6, 6.07) is 9.58. The van der Waals surface area contributed by atoms with Gasteiger partial charge < -0.3 is 40.7 Å². The van der Waals surface area contributed by atoms with Crippen molar-refractivity contribution in [2.45, 2.75) is 102 Å². The summed E-state index contributed by atoms with van der Waals surface area (Å²) in [6.45, 7) is 4.09. The standard InChI is InChI=1S/C43H54N10O7/c1-4-32-42(59)51(2)34-24-46-43(50-38(34)53(32)27-11-5-6-12-27)48-31-17-16-26(23-35(31)60-3)39(56)45-22-10-21-44-20-8-7-15-36(54)47-30-14-9-13-28-29(30)25-52(41(28)58)33-18-19-37(55)49-40(33)57/h9,13-14,16-17,23-24,27,32-33,44H,4-8,10-12,15,18-22,25H2,1-3H3,(H,45,56)(H,47,54)(H,46,48,50)(H,49,55,57)/t32-,33?/m1/s1. The summed E-state index contributed by atoms with van der Waals surface area (Å²) in [4.78, 5) is 90.9. The molecule has 0 radical (unpaired) electrons. The van der Waals surface area contributed by atoms with E-state index < -0.39 is 11.9 Å². The molecule has 4 aliphatic rings.